The lowest BCUT2D eigenvalue weighted by atomic mass is 10.1. The van der Waals surface area contributed by atoms with E-state index in [9.17, 15) is 4.79 Å². The van der Waals surface area contributed by atoms with Gasteiger partial charge >= 0.3 is 0 Å². The third-order valence-electron chi connectivity index (χ3n) is 4.40. The molecule has 0 radical (unpaired) electrons. The van der Waals surface area contributed by atoms with Crippen LogP contribution in [0.5, 0.6) is 0 Å². The van der Waals surface area contributed by atoms with Crippen molar-refractivity contribution in [2.24, 2.45) is 5.84 Å². The van der Waals surface area contributed by atoms with Gasteiger partial charge in [-0.2, -0.15) is 0 Å². The van der Waals surface area contributed by atoms with Crippen LogP contribution in [0.2, 0.25) is 0 Å². The maximum absolute atomic E-state index is 11.8. The first-order chi connectivity index (χ1) is 9.26. The van der Waals surface area contributed by atoms with E-state index in [1.807, 2.05) is 0 Å². The number of hydrazine groups is 1. The minimum Gasteiger partial charge on any atom is -0.383 e. The molecule has 19 heavy (non-hydrogen) atoms. The van der Waals surface area contributed by atoms with Gasteiger partial charge in [-0.3, -0.25) is 20.0 Å². The normalized spacial score (nSPS) is 24.5. The van der Waals surface area contributed by atoms with E-state index < -0.39 is 0 Å². The molecule has 6 heteroatoms. The highest BCUT2D eigenvalue weighted by molar-refractivity contribution is 5.81. The Hall–Kier alpha value is -0.690. The maximum Gasteiger partial charge on any atom is 0.253 e. The first-order valence-electron chi connectivity index (χ1n) is 7.23. The second-order valence-corrected chi connectivity index (χ2v) is 5.49. The number of nitrogens with one attached hydrogen (secondary N) is 1. The predicted molar refractivity (Wildman–Crippen MR) is 73.4 cm³/mol. The molecule has 0 aromatic heterocycles. The minimum absolute atomic E-state index is 0.156. The second kappa shape index (κ2) is 7.19. The van der Waals surface area contributed by atoms with Crippen molar-refractivity contribution in [1.82, 2.24) is 15.2 Å². The molecule has 0 bridgehead atoms. The lowest BCUT2D eigenvalue weighted by Gasteiger charge is -2.40. The Kier molecular flexibility index (Phi) is 5.57. The van der Waals surface area contributed by atoms with E-state index in [2.05, 4.69) is 15.2 Å². The lowest BCUT2D eigenvalue weighted by Crippen LogP contribution is -2.58. The number of carbonyl (C=O) groups excluding carboxylic acids is 1. The number of methoxy groups -OCH3 is 1. The van der Waals surface area contributed by atoms with E-state index in [0.717, 1.165) is 32.2 Å². The van der Waals surface area contributed by atoms with Gasteiger partial charge in [-0.1, -0.05) is 12.8 Å². The van der Waals surface area contributed by atoms with Gasteiger partial charge < -0.3 is 4.74 Å². The van der Waals surface area contributed by atoms with Gasteiger partial charge in [-0.15, -0.1) is 0 Å². The van der Waals surface area contributed by atoms with Gasteiger partial charge in [-0.05, 0) is 12.8 Å². The molecule has 1 saturated heterocycles. The molecule has 1 amide bonds. The average molecular weight is 270 g/mol. The zero-order valence-electron chi connectivity index (χ0n) is 11.8. The van der Waals surface area contributed by atoms with Crippen LogP contribution in [-0.2, 0) is 9.53 Å². The Morgan fingerprint density at radius 3 is 2.47 bits per heavy atom. The molecule has 0 aromatic rings. The summed E-state index contributed by atoms with van der Waals surface area (Å²) >= 11 is 0. The van der Waals surface area contributed by atoms with Crippen molar-refractivity contribution < 1.29 is 9.53 Å². The number of hydrogen-bond donors (Lipinski definition) is 2. The number of carbonyl (C=O) groups is 1. The van der Waals surface area contributed by atoms with Crippen molar-refractivity contribution in [2.75, 3.05) is 39.9 Å². The molecule has 1 heterocycles. The van der Waals surface area contributed by atoms with Gasteiger partial charge in [0.15, 0.2) is 0 Å². The van der Waals surface area contributed by atoms with Crippen LogP contribution >= 0.6 is 0 Å². The number of ether oxygens (including phenoxy) is 1. The van der Waals surface area contributed by atoms with Gasteiger partial charge in [0.05, 0.1) is 6.61 Å². The molecule has 2 rings (SSSR count). The Morgan fingerprint density at radius 2 is 1.95 bits per heavy atom. The quantitative estimate of drug-likeness (QED) is 0.402. The highest BCUT2D eigenvalue weighted by Gasteiger charge is 2.31. The van der Waals surface area contributed by atoms with Crippen LogP contribution < -0.4 is 11.3 Å². The molecule has 0 aromatic carbocycles. The number of rotatable bonds is 5. The van der Waals surface area contributed by atoms with Crippen LogP contribution in [0.25, 0.3) is 0 Å². The highest BCUT2D eigenvalue weighted by atomic mass is 16.5. The Morgan fingerprint density at radius 1 is 1.32 bits per heavy atom. The number of amides is 1. The standard InChI is InChI=1S/C13H26N4O2/c1-19-10-12(13(18)15-14)17-8-6-16(7-9-17)11-4-2-3-5-11/h11-12H,2-10,14H2,1H3,(H,15,18). The molecule has 1 saturated carbocycles. The first-order valence-corrected chi connectivity index (χ1v) is 7.23. The van der Waals surface area contributed by atoms with Gasteiger partial charge in [0.25, 0.3) is 5.91 Å². The summed E-state index contributed by atoms with van der Waals surface area (Å²) in [6.45, 7) is 4.31. The third-order valence-corrected chi connectivity index (χ3v) is 4.40. The summed E-state index contributed by atoms with van der Waals surface area (Å²) in [5, 5.41) is 0. The summed E-state index contributed by atoms with van der Waals surface area (Å²) in [5.41, 5.74) is 2.24. The van der Waals surface area contributed by atoms with Crippen LogP contribution in [0.15, 0.2) is 0 Å². The summed E-state index contributed by atoms with van der Waals surface area (Å²) in [6.07, 6.45) is 5.41. The number of hydrogen-bond acceptors (Lipinski definition) is 5. The van der Waals surface area contributed by atoms with E-state index in [0.29, 0.717) is 6.61 Å². The Labute approximate surface area is 115 Å². The fourth-order valence-electron chi connectivity index (χ4n) is 3.28. The maximum atomic E-state index is 11.8. The van der Waals surface area contributed by atoms with Crippen LogP contribution in [0.3, 0.4) is 0 Å². The van der Waals surface area contributed by atoms with Gasteiger partial charge in [0.2, 0.25) is 0 Å². The summed E-state index contributed by atoms with van der Waals surface area (Å²) in [6, 6.07) is 0.507. The highest BCUT2D eigenvalue weighted by Crippen LogP contribution is 2.24. The van der Waals surface area contributed by atoms with Crippen molar-refractivity contribution >= 4 is 5.91 Å². The van der Waals surface area contributed by atoms with Crippen LogP contribution in [0.1, 0.15) is 25.7 Å². The summed E-state index contributed by atoms with van der Waals surface area (Å²) in [4.78, 5) is 16.5. The molecule has 1 atom stereocenters. The van der Waals surface area contributed by atoms with Gasteiger partial charge in [0, 0.05) is 39.3 Å². The molecule has 0 spiro atoms. The molecule has 110 valence electrons. The number of nitrogens with zero attached hydrogens (tertiary/aromatic N) is 2. The molecular formula is C13H26N4O2. The summed E-state index contributed by atoms with van der Waals surface area (Å²) < 4.78 is 5.14. The topological polar surface area (TPSA) is 70.8 Å². The molecule has 2 aliphatic rings. The zero-order valence-corrected chi connectivity index (χ0v) is 11.8. The van der Waals surface area contributed by atoms with Crippen molar-refractivity contribution in [1.29, 1.82) is 0 Å². The fourth-order valence-corrected chi connectivity index (χ4v) is 3.28. The second-order valence-electron chi connectivity index (χ2n) is 5.49. The van der Waals surface area contributed by atoms with Gasteiger partial charge in [-0.25, -0.2) is 5.84 Å². The minimum atomic E-state index is -0.263. The first kappa shape index (κ1) is 14.7. The summed E-state index contributed by atoms with van der Waals surface area (Å²) in [7, 11) is 1.62. The molecule has 1 aliphatic carbocycles. The Balaban J connectivity index is 1.84. The molecular weight excluding hydrogens is 244 g/mol. The predicted octanol–water partition coefficient (Wildman–Crippen LogP) is -0.448. The van der Waals surface area contributed by atoms with Crippen molar-refractivity contribution in [3.05, 3.63) is 0 Å². The van der Waals surface area contributed by atoms with E-state index in [1.165, 1.54) is 25.7 Å². The van der Waals surface area contributed by atoms with E-state index in [4.69, 9.17) is 10.6 Å². The van der Waals surface area contributed by atoms with E-state index in [1.54, 1.807) is 7.11 Å². The van der Waals surface area contributed by atoms with E-state index >= 15 is 0 Å². The van der Waals surface area contributed by atoms with Crippen LogP contribution in [0.4, 0.5) is 0 Å². The van der Waals surface area contributed by atoms with Crippen LogP contribution in [0, 0.1) is 0 Å². The molecule has 6 nitrogen and oxygen atoms in total. The average Bonchev–Trinajstić information content (AvgIpc) is 2.98. The smallest absolute Gasteiger partial charge is 0.253 e. The third kappa shape index (κ3) is 3.66. The molecule has 1 aliphatic heterocycles. The van der Waals surface area contributed by atoms with Crippen molar-refractivity contribution in [3.63, 3.8) is 0 Å². The number of nitrogens with two attached hydrogens (primary N) is 1. The lowest BCUT2D eigenvalue weighted by molar-refractivity contribution is -0.129. The zero-order chi connectivity index (χ0) is 13.7. The van der Waals surface area contributed by atoms with Crippen molar-refractivity contribution in [3.8, 4) is 0 Å². The summed E-state index contributed by atoms with van der Waals surface area (Å²) in [5.74, 6) is 5.09. The van der Waals surface area contributed by atoms with Crippen molar-refractivity contribution in [2.45, 2.75) is 37.8 Å². The fraction of sp³-hybridized carbons (Fsp3) is 0.923. The van der Waals surface area contributed by atoms with Gasteiger partial charge in [0.1, 0.15) is 6.04 Å². The SMILES string of the molecule is COCC(C(=O)NN)N1CCN(C2CCCC2)CC1. The number of piperazine rings is 1. The molecule has 2 fully saturated rings. The Bertz CT molecular complexity index is 286. The monoisotopic (exact) mass is 270 g/mol. The molecule has 3 N–H and O–H groups in total. The molecule has 1 unspecified atom stereocenters. The van der Waals surface area contributed by atoms with Crippen LogP contribution in [-0.4, -0.2) is 67.7 Å². The largest absolute Gasteiger partial charge is 0.383 e. The van der Waals surface area contributed by atoms with E-state index in [-0.39, 0.29) is 11.9 Å².